The van der Waals surface area contributed by atoms with Crippen LogP contribution in [0.1, 0.15) is 17.7 Å². The molecule has 5 rings (SSSR count). The van der Waals surface area contributed by atoms with Crippen LogP contribution in [0, 0.1) is 6.92 Å². The number of rotatable bonds is 7. The average Bonchev–Trinajstić information content (AvgIpc) is 3.25. The second kappa shape index (κ2) is 10.2. The van der Waals surface area contributed by atoms with Gasteiger partial charge in [-0.25, -0.2) is 19.9 Å². The third kappa shape index (κ3) is 6.23. The number of fused-ring (bicyclic) bond motifs is 1. The van der Waals surface area contributed by atoms with Gasteiger partial charge in [-0.15, -0.1) is 0 Å². The van der Waals surface area contributed by atoms with Crippen molar-refractivity contribution in [2.24, 2.45) is 0 Å². The Hall–Kier alpha value is -3.99. The first-order valence-electron chi connectivity index (χ1n) is 11.9. The van der Waals surface area contributed by atoms with Crippen LogP contribution in [0.4, 0.5) is 24.9 Å². The summed E-state index contributed by atoms with van der Waals surface area (Å²) in [6, 6.07) is 11.7. The molecule has 4 aromatic rings. The lowest BCUT2D eigenvalue weighted by molar-refractivity contribution is -0.131. The lowest BCUT2D eigenvalue weighted by atomic mass is 10.1. The maximum absolute atomic E-state index is 12.7. The van der Waals surface area contributed by atoms with E-state index >= 15 is 0 Å². The van der Waals surface area contributed by atoms with Crippen LogP contribution in [0.25, 0.3) is 22.3 Å². The molecule has 3 aromatic heterocycles. The summed E-state index contributed by atoms with van der Waals surface area (Å²) < 4.78 is 38.1. The molecule has 0 radical (unpaired) electrons. The summed E-state index contributed by atoms with van der Waals surface area (Å²) >= 11 is 0. The van der Waals surface area contributed by atoms with Crippen LogP contribution in [0.15, 0.2) is 61.2 Å². The first-order valence-corrected chi connectivity index (χ1v) is 11.9. The van der Waals surface area contributed by atoms with Crippen molar-refractivity contribution in [3.63, 3.8) is 0 Å². The quantitative estimate of drug-likeness (QED) is 0.361. The van der Waals surface area contributed by atoms with E-state index in [1.165, 1.54) is 6.33 Å². The molecule has 0 saturated carbocycles. The molecule has 0 unspecified atom stereocenters. The Bertz CT molecular complexity index is 1390. The number of anilines is 2. The zero-order valence-corrected chi connectivity index (χ0v) is 20.4. The van der Waals surface area contributed by atoms with Crippen molar-refractivity contribution in [1.29, 1.82) is 0 Å². The molecular weight excluding hydrogens is 481 g/mol. The second-order valence-electron chi connectivity index (χ2n) is 9.16. The summed E-state index contributed by atoms with van der Waals surface area (Å²) in [5.41, 5.74) is 5.54. The number of pyridine rings is 1. The van der Waals surface area contributed by atoms with Crippen LogP contribution in [-0.2, 0) is 6.54 Å². The number of H-pyrrole nitrogens is 1. The predicted molar refractivity (Wildman–Crippen MR) is 136 cm³/mol. The van der Waals surface area contributed by atoms with Crippen LogP contribution in [0.3, 0.4) is 0 Å². The van der Waals surface area contributed by atoms with Crippen molar-refractivity contribution in [1.82, 2.24) is 34.7 Å². The highest BCUT2D eigenvalue weighted by Crippen LogP contribution is 2.27. The van der Waals surface area contributed by atoms with Crippen molar-refractivity contribution in [3.05, 3.63) is 72.5 Å². The van der Waals surface area contributed by atoms with Crippen molar-refractivity contribution in [2.45, 2.75) is 26.1 Å². The Morgan fingerprint density at radius 3 is 2.62 bits per heavy atom. The summed E-state index contributed by atoms with van der Waals surface area (Å²) in [4.78, 5) is 24.7. The fourth-order valence-electron chi connectivity index (χ4n) is 4.53. The number of aryl methyl sites for hydroxylation is 1. The molecule has 2 N–H and O–H groups in total. The molecule has 1 aromatic carbocycles. The number of imidazole rings is 1. The van der Waals surface area contributed by atoms with Gasteiger partial charge < -0.3 is 15.2 Å². The van der Waals surface area contributed by atoms with Crippen molar-refractivity contribution in [2.75, 3.05) is 31.5 Å². The van der Waals surface area contributed by atoms with Gasteiger partial charge in [0.25, 0.3) is 0 Å². The van der Waals surface area contributed by atoms with Gasteiger partial charge in [-0.3, -0.25) is 4.90 Å². The number of benzene rings is 1. The van der Waals surface area contributed by atoms with Crippen LogP contribution in [0.5, 0.6) is 0 Å². The molecule has 0 bridgehead atoms. The number of nitrogens with one attached hydrogen (secondary N) is 2. The maximum atomic E-state index is 12.7. The number of aromatic amines is 1. The summed E-state index contributed by atoms with van der Waals surface area (Å²) in [6.45, 7) is 8.63. The third-order valence-electron chi connectivity index (χ3n) is 6.25. The zero-order chi connectivity index (χ0) is 26.0. The van der Waals surface area contributed by atoms with Gasteiger partial charge in [-0.05, 0) is 42.8 Å². The van der Waals surface area contributed by atoms with Gasteiger partial charge in [0, 0.05) is 55.9 Å². The second-order valence-corrected chi connectivity index (χ2v) is 9.16. The summed E-state index contributed by atoms with van der Waals surface area (Å²) in [5, 5.41) is 3.27. The minimum absolute atomic E-state index is 0.133. The Labute approximate surface area is 212 Å². The molecule has 11 heteroatoms. The SMILES string of the molecule is C=C(CC(F)(F)F)N1CCN(Cc2cc(C)nc(Nc3nc4ccc(-c5ccncn5)cc4[nH]3)c2)CC1. The van der Waals surface area contributed by atoms with Gasteiger partial charge in [0.1, 0.15) is 12.1 Å². The normalized spacial score (nSPS) is 14.8. The van der Waals surface area contributed by atoms with Crippen LogP contribution in [0.2, 0.25) is 0 Å². The van der Waals surface area contributed by atoms with E-state index in [0.717, 1.165) is 33.5 Å². The largest absolute Gasteiger partial charge is 0.394 e. The van der Waals surface area contributed by atoms with E-state index in [2.05, 4.69) is 41.7 Å². The van der Waals surface area contributed by atoms with Gasteiger partial charge >= 0.3 is 6.18 Å². The van der Waals surface area contributed by atoms with E-state index in [1.807, 2.05) is 43.3 Å². The maximum Gasteiger partial charge on any atom is 0.394 e. The molecule has 0 amide bonds. The number of halogens is 3. The number of hydrogen-bond donors (Lipinski definition) is 2. The molecule has 192 valence electrons. The van der Waals surface area contributed by atoms with Crippen molar-refractivity contribution >= 4 is 22.8 Å². The molecule has 1 saturated heterocycles. The van der Waals surface area contributed by atoms with Crippen molar-refractivity contribution < 1.29 is 13.2 Å². The van der Waals surface area contributed by atoms with Gasteiger partial charge in [0.2, 0.25) is 5.95 Å². The van der Waals surface area contributed by atoms with Gasteiger partial charge in [0.15, 0.2) is 0 Å². The Kier molecular flexibility index (Phi) is 6.79. The average molecular weight is 509 g/mol. The Morgan fingerprint density at radius 2 is 1.89 bits per heavy atom. The number of piperazine rings is 1. The third-order valence-corrected chi connectivity index (χ3v) is 6.25. The first-order chi connectivity index (χ1) is 17.7. The van der Waals surface area contributed by atoms with Crippen LogP contribution in [-0.4, -0.2) is 67.1 Å². The predicted octanol–water partition coefficient (Wildman–Crippen LogP) is 5.05. The fourth-order valence-corrected chi connectivity index (χ4v) is 4.53. The number of allylic oxidation sites excluding steroid dienone is 1. The minimum Gasteiger partial charge on any atom is -0.372 e. The summed E-state index contributed by atoms with van der Waals surface area (Å²) in [5.74, 6) is 1.25. The smallest absolute Gasteiger partial charge is 0.372 e. The Morgan fingerprint density at radius 1 is 1.08 bits per heavy atom. The van der Waals surface area contributed by atoms with Crippen molar-refractivity contribution in [3.8, 4) is 11.3 Å². The fraction of sp³-hybridized carbons (Fsp3) is 0.308. The Balaban J connectivity index is 1.24. The molecule has 0 aliphatic carbocycles. The molecular formula is C26H27F3N8. The molecule has 8 nitrogen and oxygen atoms in total. The van der Waals surface area contributed by atoms with E-state index in [-0.39, 0.29) is 5.70 Å². The van der Waals surface area contributed by atoms with Gasteiger partial charge in [0.05, 0.1) is 23.1 Å². The lowest BCUT2D eigenvalue weighted by Crippen LogP contribution is -2.45. The number of hydrogen-bond acceptors (Lipinski definition) is 7. The monoisotopic (exact) mass is 508 g/mol. The molecule has 1 fully saturated rings. The summed E-state index contributed by atoms with van der Waals surface area (Å²) in [7, 11) is 0. The number of alkyl halides is 3. The van der Waals surface area contributed by atoms with Crippen LogP contribution >= 0.6 is 0 Å². The molecule has 37 heavy (non-hydrogen) atoms. The topological polar surface area (TPSA) is 85.9 Å². The molecule has 0 atom stereocenters. The number of aromatic nitrogens is 5. The highest BCUT2D eigenvalue weighted by Gasteiger charge is 2.31. The zero-order valence-electron chi connectivity index (χ0n) is 20.4. The first kappa shape index (κ1) is 24.7. The summed E-state index contributed by atoms with van der Waals surface area (Å²) in [6.07, 6.45) is -1.97. The minimum atomic E-state index is -4.23. The molecule has 1 aliphatic heterocycles. The highest BCUT2D eigenvalue weighted by atomic mass is 19.4. The van der Waals surface area contributed by atoms with E-state index in [1.54, 1.807) is 11.1 Å². The number of nitrogens with zero attached hydrogens (tertiary/aromatic N) is 6. The van der Waals surface area contributed by atoms with E-state index in [9.17, 15) is 13.2 Å². The van der Waals surface area contributed by atoms with E-state index in [0.29, 0.717) is 44.5 Å². The standard InChI is InChI=1S/C26H27F3N8/c1-17-11-19(15-36-7-9-37(10-8-36)18(2)14-26(27,28)29)12-24(32-17)35-25-33-22-4-3-20(13-23(22)34-25)21-5-6-30-16-31-21/h3-6,11-13,16H,2,7-10,14-15H2,1H3,(H2,32,33,34,35). The molecule has 1 aliphatic rings. The molecule has 4 heterocycles. The van der Waals surface area contributed by atoms with Gasteiger partial charge in [-0.2, -0.15) is 13.2 Å². The molecule has 0 spiro atoms. The van der Waals surface area contributed by atoms with E-state index in [4.69, 9.17) is 0 Å². The van der Waals surface area contributed by atoms with Gasteiger partial charge in [-0.1, -0.05) is 12.6 Å². The highest BCUT2D eigenvalue weighted by molar-refractivity contribution is 5.83. The lowest BCUT2D eigenvalue weighted by Gasteiger charge is -2.37. The van der Waals surface area contributed by atoms with Crippen LogP contribution < -0.4 is 5.32 Å². The van der Waals surface area contributed by atoms with E-state index < -0.39 is 12.6 Å².